The summed E-state index contributed by atoms with van der Waals surface area (Å²) in [6.07, 6.45) is 4.03. The minimum Gasteiger partial charge on any atom is -0.329 e. The van der Waals surface area contributed by atoms with E-state index in [1.165, 1.54) is 45.4 Å². The molecule has 3 aliphatic rings. The summed E-state index contributed by atoms with van der Waals surface area (Å²) in [5.74, 6) is 0. The molecule has 18 heavy (non-hydrogen) atoms. The van der Waals surface area contributed by atoms with Crippen molar-refractivity contribution >= 4 is 11.8 Å². The lowest BCUT2D eigenvalue weighted by Crippen LogP contribution is -2.63. The first-order chi connectivity index (χ1) is 8.65. The highest BCUT2D eigenvalue weighted by molar-refractivity contribution is 8.00. The monoisotopic (exact) mass is 269 g/mol. The van der Waals surface area contributed by atoms with Crippen molar-refractivity contribution in [3.05, 3.63) is 0 Å². The van der Waals surface area contributed by atoms with Gasteiger partial charge in [0.15, 0.2) is 0 Å². The summed E-state index contributed by atoms with van der Waals surface area (Å²) >= 11 is 2.14. The lowest BCUT2D eigenvalue weighted by atomic mass is 9.86. The summed E-state index contributed by atoms with van der Waals surface area (Å²) in [5.41, 5.74) is 6.56. The molecule has 3 aliphatic heterocycles. The summed E-state index contributed by atoms with van der Waals surface area (Å²) in [6, 6.07) is 0.741. The van der Waals surface area contributed by atoms with Gasteiger partial charge in [-0.2, -0.15) is 11.8 Å². The molecule has 3 fully saturated rings. The maximum absolute atomic E-state index is 6.27. The van der Waals surface area contributed by atoms with Crippen LogP contribution < -0.4 is 5.73 Å². The fourth-order valence-electron chi connectivity index (χ4n) is 4.48. The van der Waals surface area contributed by atoms with E-state index in [-0.39, 0.29) is 0 Å². The van der Waals surface area contributed by atoms with Crippen LogP contribution in [0.15, 0.2) is 0 Å². The molecule has 3 nitrogen and oxygen atoms in total. The molecule has 3 saturated heterocycles. The van der Waals surface area contributed by atoms with Gasteiger partial charge in [-0.15, -0.1) is 0 Å². The molecule has 2 N–H and O–H groups in total. The number of rotatable bonds is 2. The smallest absolute Gasteiger partial charge is 0.0499 e. The zero-order valence-corrected chi connectivity index (χ0v) is 12.6. The van der Waals surface area contributed by atoms with Crippen LogP contribution in [-0.2, 0) is 0 Å². The second-order valence-electron chi connectivity index (χ2n) is 6.41. The molecule has 4 atom stereocenters. The minimum absolute atomic E-state index is 0.292. The van der Waals surface area contributed by atoms with Gasteiger partial charge in [-0.05, 0) is 25.8 Å². The van der Waals surface area contributed by atoms with Crippen molar-refractivity contribution in [2.24, 2.45) is 5.73 Å². The predicted molar refractivity (Wildman–Crippen MR) is 79.1 cm³/mol. The minimum atomic E-state index is 0.292. The summed E-state index contributed by atoms with van der Waals surface area (Å²) in [6.45, 7) is 10.6. The van der Waals surface area contributed by atoms with Crippen molar-refractivity contribution in [2.45, 2.75) is 55.2 Å². The highest BCUT2D eigenvalue weighted by Crippen LogP contribution is 2.42. The Morgan fingerprint density at radius 2 is 1.94 bits per heavy atom. The molecule has 0 bridgehead atoms. The molecule has 0 radical (unpaired) electrons. The third-order valence-corrected chi connectivity index (χ3v) is 6.45. The zero-order chi connectivity index (χ0) is 12.8. The Morgan fingerprint density at radius 3 is 2.61 bits per heavy atom. The Kier molecular flexibility index (Phi) is 3.65. The Morgan fingerprint density at radius 1 is 1.22 bits per heavy atom. The molecular weight excluding hydrogens is 242 g/mol. The first-order valence-electron chi connectivity index (χ1n) is 7.50. The third kappa shape index (κ3) is 2.01. The van der Waals surface area contributed by atoms with Crippen LogP contribution in [0.3, 0.4) is 0 Å². The van der Waals surface area contributed by atoms with E-state index in [2.05, 4.69) is 35.4 Å². The number of thioether (sulfide) groups is 1. The second kappa shape index (κ2) is 4.97. The molecule has 0 aromatic carbocycles. The normalized spacial score (nSPS) is 46.5. The van der Waals surface area contributed by atoms with Crippen molar-refractivity contribution in [1.82, 2.24) is 9.80 Å². The first-order valence-corrected chi connectivity index (χ1v) is 8.44. The fraction of sp³-hybridized carbons (Fsp3) is 1.00. The molecule has 3 rings (SSSR count). The van der Waals surface area contributed by atoms with Crippen molar-refractivity contribution in [1.29, 1.82) is 0 Å². The first kappa shape index (κ1) is 13.2. The van der Waals surface area contributed by atoms with E-state index in [4.69, 9.17) is 5.73 Å². The van der Waals surface area contributed by atoms with Gasteiger partial charge in [0.05, 0.1) is 0 Å². The largest absolute Gasteiger partial charge is 0.329 e. The van der Waals surface area contributed by atoms with E-state index in [1.807, 2.05) is 0 Å². The van der Waals surface area contributed by atoms with E-state index in [1.54, 1.807) is 0 Å². The van der Waals surface area contributed by atoms with Crippen LogP contribution in [0.5, 0.6) is 0 Å². The van der Waals surface area contributed by atoms with Crippen molar-refractivity contribution in [3.8, 4) is 0 Å². The SMILES string of the molecule is CC1CN(C2(CN)CCN3CCCC32)CC(C)S1. The number of nitrogens with two attached hydrogens (primary N) is 1. The van der Waals surface area contributed by atoms with Crippen molar-refractivity contribution in [3.63, 3.8) is 0 Å². The number of hydrogen-bond donors (Lipinski definition) is 1. The van der Waals surface area contributed by atoms with Crippen LogP contribution in [0.2, 0.25) is 0 Å². The molecule has 0 aromatic rings. The molecule has 0 amide bonds. The third-order valence-electron chi connectivity index (χ3n) is 5.22. The quantitative estimate of drug-likeness (QED) is 0.821. The summed E-state index contributed by atoms with van der Waals surface area (Å²) in [7, 11) is 0. The van der Waals surface area contributed by atoms with Gasteiger partial charge >= 0.3 is 0 Å². The van der Waals surface area contributed by atoms with Gasteiger partial charge in [0.1, 0.15) is 0 Å². The number of hydrogen-bond acceptors (Lipinski definition) is 4. The molecule has 104 valence electrons. The Hall–Kier alpha value is 0.230. The lowest BCUT2D eigenvalue weighted by molar-refractivity contribution is 0.0636. The molecular formula is C14H27N3S. The maximum Gasteiger partial charge on any atom is 0.0499 e. The highest BCUT2D eigenvalue weighted by Gasteiger charge is 2.52. The molecule has 0 aromatic heterocycles. The van der Waals surface area contributed by atoms with E-state index >= 15 is 0 Å². The van der Waals surface area contributed by atoms with Gasteiger partial charge in [0.25, 0.3) is 0 Å². The summed E-state index contributed by atoms with van der Waals surface area (Å²) in [4.78, 5) is 5.46. The Labute approximate surface area is 115 Å². The maximum atomic E-state index is 6.27. The Balaban J connectivity index is 1.82. The highest BCUT2D eigenvalue weighted by atomic mass is 32.2. The van der Waals surface area contributed by atoms with E-state index in [9.17, 15) is 0 Å². The lowest BCUT2D eigenvalue weighted by Gasteiger charge is -2.49. The standard InChI is InChI=1S/C14H27N3S/c1-11-8-17(9-12(2)18-11)14(10-15)5-7-16-6-3-4-13(14)16/h11-13H,3-10,15H2,1-2H3. The van der Waals surface area contributed by atoms with Crippen LogP contribution in [0.25, 0.3) is 0 Å². The van der Waals surface area contributed by atoms with Crippen molar-refractivity contribution in [2.75, 3.05) is 32.7 Å². The fourth-order valence-corrected chi connectivity index (χ4v) is 5.81. The van der Waals surface area contributed by atoms with Crippen molar-refractivity contribution < 1.29 is 0 Å². The van der Waals surface area contributed by atoms with Crippen LogP contribution in [0.1, 0.15) is 33.1 Å². The van der Waals surface area contributed by atoms with Gasteiger partial charge in [-0.1, -0.05) is 13.8 Å². The average Bonchev–Trinajstić information content (AvgIpc) is 2.88. The molecule has 0 spiro atoms. The van der Waals surface area contributed by atoms with Gasteiger partial charge in [-0.25, -0.2) is 0 Å². The molecule has 4 unspecified atom stereocenters. The van der Waals surface area contributed by atoms with Crippen LogP contribution in [-0.4, -0.2) is 64.6 Å². The van der Waals surface area contributed by atoms with Gasteiger partial charge in [-0.3, -0.25) is 9.80 Å². The average molecular weight is 269 g/mol. The van der Waals surface area contributed by atoms with E-state index in [0.29, 0.717) is 5.54 Å². The predicted octanol–water partition coefficient (Wildman–Crippen LogP) is 1.38. The molecule has 0 saturated carbocycles. The van der Waals surface area contributed by atoms with Crippen LogP contribution >= 0.6 is 11.8 Å². The number of nitrogens with zero attached hydrogens (tertiary/aromatic N) is 2. The second-order valence-corrected chi connectivity index (χ2v) is 8.30. The molecule has 4 heteroatoms. The van der Waals surface area contributed by atoms with Gasteiger partial charge < -0.3 is 5.73 Å². The zero-order valence-electron chi connectivity index (χ0n) is 11.8. The van der Waals surface area contributed by atoms with Gasteiger partial charge in [0.2, 0.25) is 0 Å². The summed E-state index contributed by atoms with van der Waals surface area (Å²) in [5, 5.41) is 1.51. The summed E-state index contributed by atoms with van der Waals surface area (Å²) < 4.78 is 0. The van der Waals surface area contributed by atoms with E-state index < -0.39 is 0 Å². The number of fused-ring (bicyclic) bond motifs is 1. The topological polar surface area (TPSA) is 32.5 Å². The van der Waals surface area contributed by atoms with Crippen LogP contribution in [0, 0.1) is 0 Å². The molecule has 0 aliphatic carbocycles. The van der Waals surface area contributed by atoms with Crippen LogP contribution in [0.4, 0.5) is 0 Å². The van der Waals surface area contributed by atoms with E-state index in [0.717, 1.165) is 23.1 Å². The molecule has 3 heterocycles. The Bertz CT molecular complexity index is 301. The van der Waals surface area contributed by atoms with Gasteiger partial charge in [0, 0.05) is 48.3 Å².